The fourth-order valence-corrected chi connectivity index (χ4v) is 6.04. The average molecular weight is 542 g/mol. The number of thiazole rings is 1. The second kappa shape index (κ2) is 11.5. The number of carbonyl (C=O) groups excluding carboxylic acids is 4. The molecule has 4 amide bonds. The minimum Gasteiger partial charge on any atom is -0.397 e. The number of nitrogens with one attached hydrogen (secondary N) is 3. The molecule has 1 aliphatic heterocycles. The molecule has 38 heavy (non-hydrogen) atoms. The summed E-state index contributed by atoms with van der Waals surface area (Å²) in [5, 5.41) is 8.67. The number of likely N-dealkylation sites (N-methyl/N-ethyl adjacent to an activating group) is 1. The molecule has 11 nitrogen and oxygen atoms in total. The van der Waals surface area contributed by atoms with Gasteiger partial charge in [-0.25, -0.2) is 4.98 Å². The van der Waals surface area contributed by atoms with Gasteiger partial charge in [0.15, 0.2) is 5.01 Å². The van der Waals surface area contributed by atoms with Gasteiger partial charge >= 0.3 is 11.8 Å². The van der Waals surface area contributed by atoms with Crippen LogP contribution in [0.1, 0.15) is 45.2 Å². The monoisotopic (exact) mass is 541 g/mol. The third-order valence-electron chi connectivity index (χ3n) is 7.05. The van der Waals surface area contributed by atoms with Crippen LogP contribution in [0.25, 0.3) is 0 Å². The van der Waals surface area contributed by atoms with Gasteiger partial charge in [0.05, 0.1) is 23.1 Å². The molecule has 1 aromatic carbocycles. The first-order valence-corrected chi connectivity index (χ1v) is 13.5. The molecule has 1 fully saturated rings. The molecule has 4 rings (SSSR count). The average Bonchev–Trinajstić information content (AvgIpc) is 3.29. The number of benzene rings is 1. The highest BCUT2D eigenvalue weighted by atomic mass is 32.1. The summed E-state index contributed by atoms with van der Waals surface area (Å²) in [6.45, 7) is 3.52. The molecule has 1 aromatic heterocycles. The lowest BCUT2D eigenvalue weighted by atomic mass is 9.81. The summed E-state index contributed by atoms with van der Waals surface area (Å²) >= 11 is 1.37. The Kier molecular flexibility index (Phi) is 8.32. The summed E-state index contributed by atoms with van der Waals surface area (Å²) in [6, 6.07) is 4.06. The van der Waals surface area contributed by atoms with E-state index in [9.17, 15) is 19.2 Å². The molecular formula is C26H35N7O4S. The van der Waals surface area contributed by atoms with Gasteiger partial charge in [-0.1, -0.05) is 6.07 Å². The minimum atomic E-state index is -0.853. The van der Waals surface area contributed by atoms with E-state index in [-0.39, 0.29) is 17.7 Å². The molecule has 2 heterocycles. The van der Waals surface area contributed by atoms with E-state index in [1.54, 1.807) is 32.3 Å². The molecule has 2 aliphatic rings. The quantitative estimate of drug-likeness (QED) is 0.327. The second-order valence-corrected chi connectivity index (χ2v) is 11.4. The van der Waals surface area contributed by atoms with Gasteiger partial charge in [0.2, 0.25) is 5.91 Å². The topological polar surface area (TPSA) is 150 Å². The first-order chi connectivity index (χ1) is 18.0. The van der Waals surface area contributed by atoms with Crippen molar-refractivity contribution in [2.75, 3.05) is 38.7 Å². The van der Waals surface area contributed by atoms with Gasteiger partial charge in [-0.3, -0.25) is 19.2 Å². The Bertz CT molecular complexity index is 1240. The van der Waals surface area contributed by atoms with E-state index >= 15 is 0 Å². The standard InChI is InChI=1S/C26H35N7O4S/c1-14-5-7-17(16(27)11-14)28-22(34)23(35)29-18-8-6-15(26(37)32(2)3)12-20(18)30-24(36)25-31-19-9-10-33(4)13-21(19)38-25/h5,7,11,15,18,20H,6,8-10,12-13,27H2,1-4H3,(H,28,34)(H,29,35)(H,30,36)/t15-,18-,20+/m0/s1. The maximum Gasteiger partial charge on any atom is 0.313 e. The van der Waals surface area contributed by atoms with Crippen LogP contribution in [0.15, 0.2) is 18.2 Å². The number of amides is 4. The fourth-order valence-electron chi connectivity index (χ4n) is 4.95. The number of carbonyl (C=O) groups is 4. The highest BCUT2D eigenvalue weighted by molar-refractivity contribution is 7.13. The molecule has 2 aromatic rings. The number of anilines is 2. The molecule has 3 atom stereocenters. The number of hydrogen-bond donors (Lipinski definition) is 4. The van der Waals surface area contributed by atoms with Crippen molar-refractivity contribution < 1.29 is 19.2 Å². The van der Waals surface area contributed by atoms with Crippen LogP contribution >= 0.6 is 11.3 Å². The predicted octanol–water partition coefficient (Wildman–Crippen LogP) is 1.13. The van der Waals surface area contributed by atoms with Crippen molar-refractivity contribution in [3.8, 4) is 0 Å². The first-order valence-electron chi connectivity index (χ1n) is 12.7. The molecule has 5 N–H and O–H groups in total. The summed E-state index contributed by atoms with van der Waals surface area (Å²) in [4.78, 5) is 60.7. The Hall–Kier alpha value is -3.51. The lowest BCUT2D eigenvalue weighted by molar-refractivity contribution is -0.137. The number of hydrogen-bond acceptors (Lipinski definition) is 8. The number of nitrogens with two attached hydrogens (primary N) is 1. The number of fused-ring (bicyclic) bond motifs is 1. The first kappa shape index (κ1) is 27.5. The Morgan fingerprint density at radius 2 is 1.87 bits per heavy atom. The molecule has 12 heteroatoms. The maximum absolute atomic E-state index is 13.2. The van der Waals surface area contributed by atoms with Crippen LogP contribution in [0.3, 0.4) is 0 Å². The van der Waals surface area contributed by atoms with Crippen LogP contribution in [-0.4, -0.2) is 78.2 Å². The van der Waals surface area contributed by atoms with Crippen molar-refractivity contribution >= 4 is 46.3 Å². The van der Waals surface area contributed by atoms with Gasteiger partial charge in [0.25, 0.3) is 5.91 Å². The summed E-state index contributed by atoms with van der Waals surface area (Å²) in [5.74, 6) is -2.36. The summed E-state index contributed by atoms with van der Waals surface area (Å²) < 4.78 is 0. The predicted molar refractivity (Wildman–Crippen MR) is 146 cm³/mol. The lowest BCUT2D eigenvalue weighted by Gasteiger charge is -2.37. The number of nitrogens with zero attached hydrogens (tertiary/aromatic N) is 3. The summed E-state index contributed by atoms with van der Waals surface area (Å²) in [5.41, 5.74) is 8.54. The van der Waals surface area contributed by atoms with Crippen LogP contribution in [-0.2, 0) is 27.3 Å². The normalized spacial score (nSPS) is 21.2. The van der Waals surface area contributed by atoms with E-state index in [2.05, 4.69) is 25.8 Å². The highest BCUT2D eigenvalue weighted by Gasteiger charge is 2.37. The van der Waals surface area contributed by atoms with Crippen molar-refractivity contribution in [2.24, 2.45) is 5.92 Å². The summed E-state index contributed by atoms with van der Waals surface area (Å²) in [7, 11) is 5.42. The molecule has 1 aliphatic carbocycles. The molecule has 1 saturated carbocycles. The van der Waals surface area contributed by atoms with Crippen molar-refractivity contribution in [3.63, 3.8) is 0 Å². The van der Waals surface area contributed by atoms with Crippen LogP contribution in [0.5, 0.6) is 0 Å². The van der Waals surface area contributed by atoms with Crippen molar-refractivity contribution in [2.45, 2.75) is 51.2 Å². The smallest absolute Gasteiger partial charge is 0.313 e. The maximum atomic E-state index is 13.2. The zero-order valence-corrected chi connectivity index (χ0v) is 23.0. The summed E-state index contributed by atoms with van der Waals surface area (Å²) in [6.07, 6.45) is 2.09. The van der Waals surface area contributed by atoms with Gasteiger partial charge in [0, 0.05) is 50.4 Å². The Morgan fingerprint density at radius 3 is 2.58 bits per heavy atom. The van der Waals surface area contributed by atoms with Crippen LogP contribution < -0.4 is 21.7 Å². The third-order valence-corrected chi connectivity index (χ3v) is 8.13. The van der Waals surface area contributed by atoms with Crippen LogP contribution in [0.4, 0.5) is 11.4 Å². The van der Waals surface area contributed by atoms with E-state index < -0.39 is 23.9 Å². The molecule has 0 radical (unpaired) electrons. The zero-order valence-electron chi connectivity index (χ0n) is 22.2. The van der Waals surface area contributed by atoms with Gasteiger partial charge in [0.1, 0.15) is 0 Å². The number of nitrogen functional groups attached to an aromatic ring is 1. The molecular weight excluding hydrogens is 506 g/mol. The second-order valence-electron chi connectivity index (χ2n) is 10.3. The Morgan fingerprint density at radius 1 is 1.11 bits per heavy atom. The third kappa shape index (κ3) is 6.30. The van der Waals surface area contributed by atoms with E-state index in [0.717, 1.165) is 35.6 Å². The lowest BCUT2D eigenvalue weighted by Crippen LogP contribution is -2.57. The Labute approximate surface area is 226 Å². The van der Waals surface area contributed by atoms with Gasteiger partial charge in [-0.2, -0.15) is 0 Å². The van der Waals surface area contributed by atoms with Crippen molar-refractivity contribution in [3.05, 3.63) is 39.3 Å². The molecule has 0 spiro atoms. The van der Waals surface area contributed by atoms with E-state index in [1.165, 1.54) is 16.2 Å². The zero-order chi connectivity index (χ0) is 27.6. The van der Waals surface area contributed by atoms with Crippen molar-refractivity contribution in [1.82, 2.24) is 25.4 Å². The fraction of sp³-hybridized carbons (Fsp3) is 0.500. The molecule has 204 valence electrons. The molecule has 0 bridgehead atoms. The van der Waals surface area contributed by atoms with E-state index in [0.29, 0.717) is 35.6 Å². The molecule has 0 saturated heterocycles. The highest BCUT2D eigenvalue weighted by Crippen LogP contribution is 2.28. The number of rotatable bonds is 5. The van der Waals surface area contributed by atoms with Gasteiger partial charge in [-0.05, 0) is 50.9 Å². The SMILES string of the molecule is Cc1ccc(NC(=O)C(=O)N[C@H]2CC[C@H](C(=O)N(C)C)C[C@H]2NC(=O)c2nc3c(s2)CN(C)CC3)c(N)c1. The Balaban J connectivity index is 1.46. The van der Waals surface area contributed by atoms with Gasteiger partial charge < -0.3 is 31.5 Å². The minimum absolute atomic E-state index is 0.0330. The van der Waals surface area contributed by atoms with E-state index in [4.69, 9.17) is 5.73 Å². The number of aromatic nitrogens is 1. The van der Waals surface area contributed by atoms with Gasteiger partial charge in [-0.15, -0.1) is 11.3 Å². The number of aryl methyl sites for hydroxylation is 1. The van der Waals surface area contributed by atoms with Crippen LogP contribution in [0.2, 0.25) is 0 Å². The molecule has 0 unspecified atom stereocenters. The largest absolute Gasteiger partial charge is 0.397 e. The van der Waals surface area contributed by atoms with E-state index in [1.807, 2.05) is 14.0 Å². The van der Waals surface area contributed by atoms with Crippen LogP contribution in [0, 0.1) is 12.8 Å². The van der Waals surface area contributed by atoms with Crippen molar-refractivity contribution in [1.29, 1.82) is 0 Å².